The van der Waals surface area contributed by atoms with Crippen molar-refractivity contribution in [3.05, 3.63) is 21.0 Å². The summed E-state index contributed by atoms with van der Waals surface area (Å²) in [7, 11) is -4.39. The Morgan fingerprint density at radius 3 is 2.50 bits per heavy atom. The molecule has 0 aliphatic rings. The highest BCUT2D eigenvalue weighted by molar-refractivity contribution is 14.1. The fourth-order valence-electron chi connectivity index (χ4n) is 1.06. The molecule has 0 fully saturated rings. The number of hydrogen-bond acceptors (Lipinski definition) is 4. The van der Waals surface area contributed by atoms with Crippen LogP contribution in [0.3, 0.4) is 0 Å². The molecule has 1 aromatic heterocycles. The summed E-state index contributed by atoms with van der Waals surface area (Å²) in [5.74, 6) is 0. The van der Waals surface area contributed by atoms with Crippen molar-refractivity contribution in [2.45, 2.75) is 11.3 Å². The number of nitrogens with two attached hydrogens (primary N) is 1. The molecule has 0 aromatic carbocycles. The second kappa shape index (κ2) is 4.56. The van der Waals surface area contributed by atoms with E-state index in [4.69, 9.17) is 10.4 Å². The van der Waals surface area contributed by atoms with Gasteiger partial charge in [-0.1, -0.05) is 0 Å². The summed E-state index contributed by atoms with van der Waals surface area (Å²) in [5.41, 5.74) is -1.32. The maximum Gasteiger partial charge on any atom is 0.267 e. The zero-order valence-corrected chi connectivity index (χ0v) is 10.5. The molecular weight excluding hydrogens is 355 g/mol. The molecule has 0 spiro atoms. The molecule has 0 radical (unpaired) electrons. The third kappa shape index (κ3) is 2.45. The number of pyridine rings is 1. The van der Waals surface area contributed by atoms with Crippen molar-refractivity contribution in [2.24, 2.45) is 5.14 Å². The molecule has 0 saturated carbocycles. The maximum absolute atomic E-state index is 12.7. The molecule has 0 unspecified atom stereocenters. The fraction of sp³-hybridized carbons (Fsp3) is 0.143. The normalized spacial score (nSPS) is 11.5. The van der Waals surface area contributed by atoms with Gasteiger partial charge >= 0.3 is 0 Å². The summed E-state index contributed by atoms with van der Waals surface area (Å²) in [5, 5.41) is 13.4. The van der Waals surface area contributed by atoms with E-state index in [0.717, 1.165) is 6.20 Å². The molecule has 0 aliphatic carbocycles. The van der Waals surface area contributed by atoms with Crippen LogP contribution in [0.1, 0.15) is 17.6 Å². The van der Waals surface area contributed by atoms with Gasteiger partial charge in [0.25, 0.3) is 6.43 Å². The summed E-state index contributed by atoms with van der Waals surface area (Å²) in [6.07, 6.45) is -2.17. The molecule has 1 heterocycles. The predicted octanol–water partition coefficient (Wildman–Crippen LogP) is 1.14. The lowest BCUT2D eigenvalue weighted by Crippen LogP contribution is -2.18. The maximum atomic E-state index is 12.7. The van der Waals surface area contributed by atoms with Crippen molar-refractivity contribution in [1.29, 1.82) is 5.26 Å². The molecule has 0 amide bonds. The van der Waals surface area contributed by atoms with Crippen LogP contribution in [-0.4, -0.2) is 13.4 Å². The van der Waals surface area contributed by atoms with Crippen LogP contribution in [0.4, 0.5) is 8.78 Å². The molecule has 0 saturated heterocycles. The molecule has 16 heavy (non-hydrogen) atoms. The van der Waals surface area contributed by atoms with Gasteiger partial charge in [-0.05, 0) is 22.6 Å². The molecule has 0 bridgehead atoms. The van der Waals surface area contributed by atoms with E-state index < -0.39 is 32.5 Å². The third-order valence-corrected chi connectivity index (χ3v) is 3.51. The Bertz CT molecular complexity index is 568. The van der Waals surface area contributed by atoms with Gasteiger partial charge in [0.2, 0.25) is 10.0 Å². The van der Waals surface area contributed by atoms with Crippen LogP contribution < -0.4 is 5.14 Å². The second-order valence-corrected chi connectivity index (χ2v) is 5.18. The van der Waals surface area contributed by atoms with Gasteiger partial charge in [0.15, 0.2) is 0 Å². The van der Waals surface area contributed by atoms with Gasteiger partial charge in [-0.25, -0.2) is 27.3 Å². The Hall–Kier alpha value is -0.860. The smallest absolute Gasteiger partial charge is 0.248 e. The number of rotatable bonds is 2. The standard InChI is InChI=1S/C7H4F2IN3O2S/c8-6(9)4-5(16(12,14)15)3(1-11)2-13-7(4)10/h2,6H,(H2,12,14,15). The number of aromatic nitrogens is 1. The van der Waals surface area contributed by atoms with E-state index in [9.17, 15) is 17.2 Å². The minimum atomic E-state index is -4.39. The van der Waals surface area contributed by atoms with E-state index in [-0.39, 0.29) is 3.70 Å². The van der Waals surface area contributed by atoms with E-state index in [1.165, 1.54) is 28.7 Å². The molecule has 9 heteroatoms. The van der Waals surface area contributed by atoms with Crippen LogP contribution in [0, 0.1) is 15.0 Å². The van der Waals surface area contributed by atoms with Gasteiger partial charge in [-0.3, -0.25) is 0 Å². The Morgan fingerprint density at radius 2 is 2.12 bits per heavy atom. The van der Waals surface area contributed by atoms with Gasteiger partial charge in [0.1, 0.15) is 14.7 Å². The zero-order valence-electron chi connectivity index (χ0n) is 7.49. The molecule has 0 aliphatic heterocycles. The Kier molecular flexibility index (Phi) is 3.76. The van der Waals surface area contributed by atoms with E-state index in [0.29, 0.717) is 0 Å². The van der Waals surface area contributed by atoms with Crippen molar-refractivity contribution in [3.63, 3.8) is 0 Å². The largest absolute Gasteiger partial charge is 0.267 e. The molecular formula is C7H4F2IN3O2S. The lowest BCUT2D eigenvalue weighted by Gasteiger charge is -2.09. The van der Waals surface area contributed by atoms with Gasteiger partial charge < -0.3 is 0 Å². The fourth-order valence-corrected chi connectivity index (χ4v) is 2.79. The first-order chi connectivity index (χ1) is 7.29. The van der Waals surface area contributed by atoms with Crippen LogP contribution >= 0.6 is 22.6 Å². The van der Waals surface area contributed by atoms with Gasteiger partial charge in [0, 0.05) is 6.20 Å². The van der Waals surface area contributed by atoms with E-state index in [2.05, 4.69) is 4.98 Å². The van der Waals surface area contributed by atoms with Crippen LogP contribution in [-0.2, 0) is 10.0 Å². The van der Waals surface area contributed by atoms with E-state index in [1.54, 1.807) is 0 Å². The molecule has 2 N–H and O–H groups in total. The van der Waals surface area contributed by atoms with Crippen LogP contribution in [0.5, 0.6) is 0 Å². The Labute approximate surface area is 103 Å². The van der Waals surface area contributed by atoms with E-state index in [1.807, 2.05) is 0 Å². The summed E-state index contributed by atoms with van der Waals surface area (Å²) in [6.45, 7) is 0. The lowest BCUT2D eigenvalue weighted by atomic mass is 10.2. The van der Waals surface area contributed by atoms with E-state index >= 15 is 0 Å². The van der Waals surface area contributed by atoms with Gasteiger partial charge in [-0.15, -0.1) is 0 Å². The average molecular weight is 359 g/mol. The minimum absolute atomic E-state index is 0.198. The molecule has 86 valence electrons. The summed E-state index contributed by atoms with van der Waals surface area (Å²) in [6, 6.07) is 1.47. The summed E-state index contributed by atoms with van der Waals surface area (Å²) in [4.78, 5) is 2.65. The van der Waals surface area contributed by atoms with Crippen LogP contribution in [0.2, 0.25) is 0 Å². The number of alkyl halides is 2. The minimum Gasteiger partial charge on any atom is -0.248 e. The first-order valence-corrected chi connectivity index (χ1v) is 6.31. The lowest BCUT2D eigenvalue weighted by molar-refractivity contribution is 0.146. The van der Waals surface area contributed by atoms with Crippen molar-refractivity contribution in [1.82, 2.24) is 4.98 Å². The number of primary sulfonamides is 1. The van der Waals surface area contributed by atoms with Crippen molar-refractivity contribution in [2.75, 3.05) is 0 Å². The molecule has 1 rings (SSSR count). The highest BCUT2D eigenvalue weighted by atomic mass is 127. The van der Waals surface area contributed by atoms with Gasteiger partial charge in [-0.2, -0.15) is 5.26 Å². The number of nitriles is 1. The molecule has 5 nitrogen and oxygen atoms in total. The number of halogens is 3. The molecule has 1 aromatic rings. The second-order valence-electron chi connectivity index (χ2n) is 2.66. The quantitative estimate of drug-likeness (QED) is 0.633. The zero-order chi connectivity index (χ0) is 12.5. The van der Waals surface area contributed by atoms with Crippen molar-refractivity contribution >= 4 is 32.6 Å². The summed E-state index contributed by atoms with van der Waals surface area (Å²) >= 11 is 1.45. The number of nitrogens with zero attached hydrogens (tertiary/aromatic N) is 2. The van der Waals surface area contributed by atoms with Crippen molar-refractivity contribution < 1.29 is 17.2 Å². The van der Waals surface area contributed by atoms with Crippen LogP contribution in [0.25, 0.3) is 0 Å². The Balaban J connectivity index is 3.79. The Morgan fingerprint density at radius 1 is 1.56 bits per heavy atom. The average Bonchev–Trinajstić information content (AvgIpc) is 2.15. The third-order valence-electron chi connectivity index (χ3n) is 1.64. The van der Waals surface area contributed by atoms with Crippen LogP contribution in [0.15, 0.2) is 11.1 Å². The highest BCUT2D eigenvalue weighted by Gasteiger charge is 2.27. The topological polar surface area (TPSA) is 96.8 Å². The monoisotopic (exact) mass is 359 g/mol. The molecule has 0 atom stereocenters. The number of sulfonamides is 1. The summed E-state index contributed by atoms with van der Waals surface area (Å²) < 4.78 is 47.4. The SMILES string of the molecule is N#Cc1cnc(I)c(C(F)F)c1S(N)(=O)=O. The highest BCUT2D eigenvalue weighted by Crippen LogP contribution is 2.31. The number of hydrogen-bond donors (Lipinski definition) is 1. The first kappa shape index (κ1) is 13.2. The predicted molar refractivity (Wildman–Crippen MR) is 58.0 cm³/mol. The van der Waals surface area contributed by atoms with Crippen molar-refractivity contribution in [3.8, 4) is 6.07 Å². The first-order valence-electron chi connectivity index (χ1n) is 3.68. The van der Waals surface area contributed by atoms with Gasteiger partial charge in [0.05, 0.1) is 11.1 Å².